The van der Waals surface area contributed by atoms with Crippen molar-refractivity contribution in [1.82, 2.24) is 9.80 Å². The van der Waals surface area contributed by atoms with Gasteiger partial charge in [-0.2, -0.15) is 0 Å². The van der Waals surface area contributed by atoms with Gasteiger partial charge in [0.05, 0.1) is 5.57 Å². The maximum Gasteiger partial charge on any atom is 0.277 e. The molecule has 1 fully saturated rings. The van der Waals surface area contributed by atoms with E-state index in [4.69, 9.17) is 0 Å². The number of benzene rings is 1. The van der Waals surface area contributed by atoms with Crippen molar-refractivity contribution >= 4 is 17.4 Å². The Bertz CT molecular complexity index is 673. The van der Waals surface area contributed by atoms with Crippen molar-refractivity contribution in [2.24, 2.45) is 5.92 Å². The average molecular weight is 330 g/mol. The van der Waals surface area contributed by atoms with Crippen molar-refractivity contribution in [2.75, 3.05) is 19.6 Å². The van der Waals surface area contributed by atoms with Gasteiger partial charge in [0.15, 0.2) is 0 Å². The molecule has 128 valence electrons. The van der Waals surface area contributed by atoms with Gasteiger partial charge in [-0.05, 0) is 42.9 Å². The van der Waals surface area contributed by atoms with Gasteiger partial charge in [0, 0.05) is 19.6 Å². The van der Waals surface area contributed by atoms with E-state index < -0.39 is 0 Å². The predicted molar refractivity (Wildman–Crippen MR) is 90.3 cm³/mol. The quantitative estimate of drug-likeness (QED) is 0.797. The third-order valence-electron chi connectivity index (χ3n) is 4.50. The summed E-state index contributed by atoms with van der Waals surface area (Å²) in [6.07, 6.45) is 3.19. The van der Waals surface area contributed by atoms with Gasteiger partial charge in [-0.15, -0.1) is 0 Å². The van der Waals surface area contributed by atoms with Crippen molar-refractivity contribution < 1.29 is 14.0 Å². The highest BCUT2D eigenvalue weighted by atomic mass is 19.1. The summed E-state index contributed by atoms with van der Waals surface area (Å²) >= 11 is 0. The molecule has 0 N–H and O–H groups in total. The minimum atomic E-state index is -0.352. The second kappa shape index (κ2) is 6.75. The van der Waals surface area contributed by atoms with Crippen molar-refractivity contribution in [1.29, 1.82) is 0 Å². The van der Waals surface area contributed by atoms with E-state index >= 15 is 0 Å². The number of rotatable bonds is 4. The zero-order valence-electron chi connectivity index (χ0n) is 14.2. The third-order valence-corrected chi connectivity index (χ3v) is 4.50. The first-order valence-corrected chi connectivity index (χ1v) is 8.60. The smallest absolute Gasteiger partial charge is 0.277 e. The molecule has 5 heteroatoms. The van der Waals surface area contributed by atoms with Gasteiger partial charge in [-0.1, -0.05) is 26.0 Å². The summed E-state index contributed by atoms with van der Waals surface area (Å²) in [4.78, 5) is 29.2. The van der Waals surface area contributed by atoms with Crippen LogP contribution in [0, 0.1) is 11.7 Å². The molecule has 0 radical (unpaired) electrons. The fourth-order valence-corrected chi connectivity index (χ4v) is 3.38. The van der Waals surface area contributed by atoms with E-state index in [2.05, 4.69) is 0 Å². The first-order chi connectivity index (χ1) is 11.5. The van der Waals surface area contributed by atoms with E-state index in [0.29, 0.717) is 23.4 Å². The van der Waals surface area contributed by atoms with Crippen molar-refractivity contribution in [3.63, 3.8) is 0 Å². The standard InChI is InChI=1S/C19H23FN2O2/c1-13(2)12-22-18(23)16(14-6-8-15(20)9-7-14)17(19(22)24)21-10-4-3-5-11-21/h6-9,13H,3-5,10-12H2,1-2H3. The highest BCUT2D eigenvalue weighted by molar-refractivity contribution is 6.35. The Morgan fingerprint density at radius 2 is 1.62 bits per heavy atom. The van der Waals surface area contributed by atoms with Crippen LogP contribution in [-0.2, 0) is 9.59 Å². The number of imide groups is 1. The molecule has 4 nitrogen and oxygen atoms in total. The lowest BCUT2D eigenvalue weighted by atomic mass is 10.0. The molecular weight excluding hydrogens is 307 g/mol. The minimum Gasteiger partial charge on any atom is -0.366 e. The summed E-state index contributed by atoms with van der Waals surface area (Å²) < 4.78 is 13.3. The zero-order valence-corrected chi connectivity index (χ0v) is 14.2. The van der Waals surface area contributed by atoms with Crippen LogP contribution in [0.15, 0.2) is 30.0 Å². The number of halogens is 1. The minimum absolute atomic E-state index is 0.202. The molecule has 3 rings (SSSR count). The Morgan fingerprint density at radius 1 is 1.00 bits per heavy atom. The first-order valence-electron chi connectivity index (χ1n) is 8.60. The van der Waals surface area contributed by atoms with E-state index in [-0.39, 0.29) is 23.5 Å². The predicted octanol–water partition coefficient (Wildman–Crippen LogP) is 3.05. The van der Waals surface area contributed by atoms with Crippen LogP contribution in [0.1, 0.15) is 38.7 Å². The number of hydrogen-bond donors (Lipinski definition) is 0. The van der Waals surface area contributed by atoms with E-state index in [0.717, 1.165) is 32.4 Å². The van der Waals surface area contributed by atoms with Crippen LogP contribution >= 0.6 is 0 Å². The number of carbonyl (C=O) groups excluding carboxylic acids is 2. The lowest BCUT2D eigenvalue weighted by Gasteiger charge is -2.29. The molecule has 0 aromatic heterocycles. The second-order valence-corrected chi connectivity index (χ2v) is 6.89. The Morgan fingerprint density at radius 3 is 2.21 bits per heavy atom. The molecule has 2 aliphatic heterocycles. The summed E-state index contributed by atoms with van der Waals surface area (Å²) in [7, 11) is 0. The van der Waals surface area contributed by atoms with Gasteiger partial charge in [0.2, 0.25) is 0 Å². The monoisotopic (exact) mass is 330 g/mol. The van der Waals surface area contributed by atoms with Crippen molar-refractivity contribution in [3.8, 4) is 0 Å². The lowest BCUT2D eigenvalue weighted by Crippen LogP contribution is -2.38. The van der Waals surface area contributed by atoms with Crippen LogP contribution in [-0.4, -0.2) is 41.2 Å². The molecule has 0 unspecified atom stereocenters. The van der Waals surface area contributed by atoms with Gasteiger partial charge < -0.3 is 4.90 Å². The number of likely N-dealkylation sites (tertiary alicyclic amines) is 1. The van der Waals surface area contributed by atoms with Gasteiger partial charge in [0.1, 0.15) is 11.5 Å². The molecule has 2 heterocycles. The number of nitrogens with zero attached hydrogens (tertiary/aromatic N) is 2. The van der Waals surface area contributed by atoms with Gasteiger partial charge in [-0.25, -0.2) is 4.39 Å². The van der Waals surface area contributed by atoms with Crippen LogP contribution in [0.2, 0.25) is 0 Å². The van der Waals surface area contributed by atoms with E-state index in [1.807, 2.05) is 18.7 Å². The number of piperidine rings is 1. The molecular formula is C19H23FN2O2. The number of amides is 2. The number of carbonyl (C=O) groups is 2. The Labute approximate surface area is 141 Å². The zero-order chi connectivity index (χ0) is 17.3. The SMILES string of the molecule is CC(C)CN1C(=O)C(c2ccc(F)cc2)=C(N2CCCCC2)C1=O. The topological polar surface area (TPSA) is 40.6 Å². The van der Waals surface area contributed by atoms with E-state index in [9.17, 15) is 14.0 Å². The summed E-state index contributed by atoms with van der Waals surface area (Å²) in [5.41, 5.74) is 1.52. The van der Waals surface area contributed by atoms with E-state index in [1.54, 1.807) is 12.1 Å². The maximum absolute atomic E-state index is 13.3. The molecule has 2 amide bonds. The fourth-order valence-electron chi connectivity index (χ4n) is 3.38. The second-order valence-electron chi connectivity index (χ2n) is 6.89. The third kappa shape index (κ3) is 3.07. The van der Waals surface area contributed by atoms with Crippen LogP contribution in [0.3, 0.4) is 0 Å². The lowest BCUT2D eigenvalue weighted by molar-refractivity contribution is -0.138. The highest BCUT2D eigenvalue weighted by Gasteiger charge is 2.41. The Balaban J connectivity index is 2.05. The summed E-state index contributed by atoms with van der Waals surface area (Å²) in [6.45, 7) is 5.94. The highest BCUT2D eigenvalue weighted by Crippen LogP contribution is 2.33. The van der Waals surface area contributed by atoms with Crippen molar-refractivity contribution in [2.45, 2.75) is 33.1 Å². The van der Waals surface area contributed by atoms with Crippen LogP contribution < -0.4 is 0 Å². The van der Waals surface area contributed by atoms with Crippen LogP contribution in [0.25, 0.3) is 5.57 Å². The van der Waals surface area contributed by atoms with Crippen LogP contribution in [0.5, 0.6) is 0 Å². The van der Waals surface area contributed by atoms with Gasteiger partial charge >= 0.3 is 0 Å². The largest absolute Gasteiger partial charge is 0.366 e. The molecule has 1 aromatic carbocycles. The van der Waals surface area contributed by atoms with E-state index in [1.165, 1.54) is 17.0 Å². The maximum atomic E-state index is 13.3. The molecule has 0 spiro atoms. The fraction of sp³-hybridized carbons (Fsp3) is 0.474. The molecule has 0 atom stereocenters. The molecule has 1 aromatic rings. The number of hydrogen-bond acceptors (Lipinski definition) is 3. The average Bonchev–Trinajstić information content (AvgIpc) is 2.81. The van der Waals surface area contributed by atoms with Crippen LogP contribution in [0.4, 0.5) is 4.39 Å². The van der Waals surface area contributed by atoms with Crippen molar-refractivity contribution in [3.05, 3.63) is 41.3 Å². The summed E-state index contributed by atoms with van der Waals surface area (Å²) in [5, 5.41) is 0. The van der Waals surface area contributed by atoms with Gasteiger partial charge in [0.25, 0.3) is 11.8 Å². The molecule has 0 aliphatic carbocycles. The normalized spacial score (nSPS) is 19.0. The Kier molecular flexibility index (Phi) is 4.69. The molecule has 24 heavy (non-hydrogen) atoms. The summed E-state index contributed by atoms with van der Waals surface area (Å²) in [5.74, 6) is -0.626. The first kappa shape index (κ1) is 16.7. The molecule has 1 saturated heterocycles. The molecule has 0 bridgehead atoms. The summed E-state index contributed by atoms with van der Waals surface area (Å²) in [6, 6.07) is 5.83. The molecule has 0 saturated carbocycles. The molecule has 2 aliphatic rings. The van der Waals surface area contributed by atoms with Gasteiger partial charge in [-0.3, -0.25) is 14.5 Å². The Hall–Kier alpha value is -2.17.